The van der Waals surface area contributed by atoms with Crippen LogP contribution < -0.4 is 9.47 Å². The molecule has 0 spiro atoms. The maximum atomic E-state index is 14.2. The van der Waals surface area contributed by atoms with E-state index in [1.165, 1.54) is 20.3 Å². The Bertz CT molecular complexity index is 400. The van der Waals surface area contributed by atoms with Crippen molar-refractivity contribution in [2.75, 3.05) is 27.4 Å². The third kappa shape index (κ3) is 2.27. The number of ether oxygens (including phenoxy) is 3. The van der Waals surface area contributed by atoms with Crippen molar-refractivity contribution in [2.24, 2.45) is 0 Å². The molecule has 1 fully saturated rings. The van der Waals surface area contributed by atoms with E-state index in [9.17, 15) is 8.78 Å². The van der Waals surface area contributed by atoms with Gasteiger partial charge in [-0.3, -0.25) is 0 Å². The number of halogens is 2. The van der Waals surface area contributed by atoms with E-state index < -0.39 is 11.6 Å². The normalized spacial score (nSPS) is 19.7. The smallest absolute Gasteiger partial charge is 0.171 e. The first-order valence-electron chi connectivity index (χ1n) is 5.86. The van der Waals surface area contributed by atoms with Gasteiger partial charge in [0, 0.05) is 24.2 Å². The molecule has 1 aromatic rings. The van der Waals surface area contributed by atoms with Crippen LogP contribution in [0.15, 0.2) is 6.07 Å². The summed E-state index contributed by atoms with van der Waals surface area (Å²) in [6.07, 6.45) is 1.49. The van der Waals surface area contributed by atoms with Gasteiger partial charge < -0.3 is 14.2 Å². The highest BCUT2D eigenvalue weighted by Crippen LogP contribution is 2.38. The molecule has 18 heavy (non-hydrogen) atoms. The van der Waals surface area contributed by atoms with Crippen LogP contribution in [-0.2, 0) is 4.74 Å². The molecule has 1 aliphatic heterocycles. The molecule has 3 nitrogen and oxygen atoms in total. The van der Waals surface area contributed by atoms with Crippen molar-refractivity contribution in [3.63, 3.8) is 0 Å². The molecule has 2 rings (SSSR count). The van der Waals surface area contributed by atoms with Gasteiger partial charge in [-0.05, 0) is 12.8 Å². The van der Waals surface area contributed by atoms with E-state index in [2.05, 4.69) is 0 Å². The van der Waals surface area contributed by atoms with Gasteiger partial charge in [-0.2, -0.15) is 0 Å². The predicted molar refractivity (Wildman–Crippen MR) is 62.3 cm³/mol. The van der Waals surface area contributed by atoms with Crippen LogP contribution in [0.5, 0.6) is 11.5 Å². The zero-order valence-electron chi connectivity index (χ0n) is 10.5. The van der Waals surface area contributed by atoms with Crippen LogP contribution in [0.4, 0.5) is 8.78 Å². The van der Waals surface area contributed by atoms with Crippen molar-refractivity contribution in [3.8, 4) is 11.5 Å². The predicted octanol–water partition coefficient (Wildman–Crippen LogP) is 2.88. The van der Waals surface area contributed by atoms with Crippen LogP contribution in [-0.4, -0.2) is 27.4 Å². The highest BCUT2D eigenvalue weighted by Gasteiger charge is 2.28. The SMILES string of the molecule is COc1cc(OC)c(F)c(C2CCCOC2)c1F. The third-order valence-electron chi connectivity index (χ3n) is 3.18. The molecule has 5 heteroatoms. The number of hydrogen-bond acceptors (Lipinski definition) is 3. The fraction of sp³-hybridized carbons (Fsp3) is 0.538. The van der Waals surface area contributed by atoms with Crippen LogP contribution in [0, 0.1) is 11.6 Å². The second kappa shape index (κ2) is 5.52. The van der Waals surface area contributed by atoms with Gasteiger partial charge >= 0.3 is 0 Å². The molecular formula is C13H16F2O3. The minimum absolute atomic E-state index is 0.00546. The zero-order valence-corrected chi connectivity index (χ0v) is 10.5. The molecule has 0 radical (unpaired) electrons. The van der Waals surface area contributed by atoms with Gasteiger partial charge in [0.2, 0.25) is 0 Å². The van der Waals surface area contributed by atoms with Gasteiger partial charge in [-0.25, -0.2) is 8.78 Å². The molecule has 1 aliphatic rings. The molecule has 1 saturated heterocycles. The van der Waals surface area contributed by atoms with Gasteiger partial charge in [0.15, 0.2) is 23.1 Å². The van der Waals surface area contributed by atoms with E-state index in [1.807, 2.05) is 0 Å². The van der Waals surface area contributed by atoms with Gasteiger partial charge in [0.05, 0.1) is 20.8 Å². The Morgan fingerprint density at radius 2 is 1.78 bits per heavy atom. The topological polar surface area (TPSA) is 27.7 Å². The molecule has 0 saturated carbocycles. The standard InChI is InChI=1S/C13H16F2O3/c1-16-9-6-10(17-2)13(15)11(12(9)14)8-4-3-5-18-7-8/h6,8H,3-5,7H2,1-2H3. The summed E-state index contributed by atoms with van der Waals surface area (Å²) in [5, 5.41) is 0. The lowest BCUT2D eigenvalue weighted by molar-refractivity contribution is 0.0779. The Hall–Kier alpha value is -1.36. The third-order valence-corrected chi connectivity index (χ3v) is 3.18. The monoisotopic (exact) mass is 258 g/mol. The maximum absolute atomic E-state index is 14.2. The fourth-order valence-corrected chi connectivity index (χ4v) is 2.23. The summed E-state index contributed by atoms with van der Waals surface area (Å²) >= 11 is 0. The van der Waals surface area contributed by atoms with Crippen molar-refractivity contribution >= 4 is 0 Å². The molecule has 0 bridgehead atoms. The van der Waals surface area contributed by atoms with E-state index in [-0.39, 0.29) is 23.0 Å². The number of benzene rings is 1. The molecule has 0 amide bonds. The average molecular weight is 258 g/mol. The minimum atomic E-state index is -0.661. The highest BCUT2D eigenvalue weighted by atomic mass is 19.1. The van der Waals surface area contributed by atoms with Crippen LogP contribution in [0.25, 0.3) is 0 Å². The largest absolute Gasteiger partial charge is 0.494 e. The fourth-order valence-electron chi connectivity index (χ4n) is 2.23. The Labute approximate surface area is 105 Å². The molecule has 1 unspecified atom stereocenters. The van der Waals surface area contributed by atoms with Gasteiger partial charge in [0.1, 0.15) is 0 Å². The molecule has 0 aliphatic carbocycles. The van der Waals surface area contributed by atoms with Crippen LogP contribution in [0.3, 0.4) is 0 Å². The average Bonchev–Trinajstić information content (AvgIpc) is 2.40. The lowest BCUT2D eigenvalue weighted by atomic mass is 9.92. The zero-order chi connectivity index (χ0) is 13.1. The van der Waals surface area contributed by atoms with Crippen LogP contribution >= 0.6 is 0 Å². The summed E-state index contributed by atoms with van der Waals surface area (Å²) in [5.41, 5.74) is 0.00546. The van der Waals surface area contributed by atoms with E-state index in [1.54, 1.807) is 0 Å². The van der Waals surface area contributed by atoms with E-state index >= 15 is 0 Å². The molecule has 100 valence electrons. The molecule has 1 aromatic carbocycles. The van der Waals surface area contributed by atoms with Crippen molar-refractivity contribution < 1.29 is 23.0 Å². The molecule has 1 heterocycles. The first-order chi connectivity index (χ1) is 8.69. The molecular weight excluding hydrogens is 242 g/mol. The van der Waals surface area contributed by atoms with Crippen LogP contribution in [0.1, 0.15) is 24.3 Å². The molecule has 0 aromatic heterocycles. The number of hydrogen-bond donors (Lipinski definition) is 0. The van der Waals surface area contributed by atoms with Crippen LogP contribution in [0.2, 0.25) is 0 Å². The Morgan fingerprint density at radius 3 is 2.22 bits per heavy atom. The van der Waals surface area contributed by atoms with Crippen molar-refractivity contribution in [2.45, 2.75) is 18.8 Å². The summed E-state index contributed by atoms with van der Waals surface area (Å²) in [4.78, 5) is 0. The second-order valence-corrected chi connectivity index (χ2v) is 4.24. The minimum Gasteiger partial charge on any atom is -0.494 e. The summed E-state index contributed by atoms with van der Waals surface area (Å²) in [7, 11) is 2.69. The number of rotatable bonds is 3. The van der Waals surface area contributed by atoms with E-state index in [4.69, 9.17) is 14.2 Å². The lowest BCUT2D eigenvalue weighted by Crippen LogP contribution is -2.18. The quantitative estimate of drug-likeness (QED) is 0.834. The van der Waals surface area contributed by atoms with Crippen molar-refractivity contribution in [1.82, 2.24) is 0 Å². The Kier molecular flexibility index (Phi) is 4.01. The highest BCUT2D eigenvalue weighted by molar-refractivity contribution is 5.43. The molecule has 1 atom stereocenters. The summed E-state index contributed by atoms with van der Waals surface area (Å²) in [6.45, 7) is 0.963. The summed E-state index contributed by atoms with van der Waals surface area (Å²) in [5.74, 6) is -1.62. The van der Waals surface area contributed by atoms with Gasteiger partial charge in [0.25, 0.3) is 0 Å². The van der Waals surface area contributed by atoms with E-state index in [0.29, 0.717) is 19.6 Å². The van der Waals surface area contributed by atoms with Crippen molar-refractivity contribution in [3.05, 3.63) is 23.3 Å². The lowest BCUT2D eigenvalue weighted by Gasteiger charge is -2.24. The van der Waals surface area contributed by atoms with Gasteiger partial charge in [-0.1, -0.05) is 0 Å². The van der Waals surface area contributed by atoms with Gasteiger partial charge in [-0.15, -0.1) is 0 Å². The Balaban J connectivity index is 2.48. The second-order valence-electron chi connectivity index (χ2n) is 4.24. The summed E-state index contributed by atoms with van der Waals surface area (Å²) in [6, 6.07) is 1.22. The molecule has 0 N–H and O–H groups in total. The summed E-state index contributed by atoms with van der Waals surface area (Å²) < 4.78 is 43.4. The Morgan fingerprint density at radius 1 is 1.17 bits per heavy atom. The maximum Gasteiger partial charge on any atom is 0.171 e. The van der Waals surface area contributed by atoms with E-state index in [0.717, 1.165) is 6.42 Å². The van der Waals surface area contributed by atoms with Crippen molar-refractivity contribution in [1.29, 1.82) is 0 Å². The first-order valence-corrected chi connectivity index (χ1v) is 5.86. The number of methoxy groups -OCH3 is 2. The first kappa shape index (κ1) is 13.1.